The minimum absolute atomic E-state index is 0.296. The lowest BCUT2D eigenvalue weighted by Gasteiger charge is -2.24. The summed E-state index contributed by atoms with van der Waals surface area (Å²) in [5.41, 5.74) is 2.04. The van der Waals surface area contributed by atoms with E-state index in [0.717, 1.165) is 0 Å². The van der Waals surface area contributed by atoms with Crippen molar-refractivity contribution in [2.75, 3.05) is 6.61 Å². The number of rotatable bonds is 2. The summed E-state index contributed by atoms with van der Waals surface area (Å²) in [6.45, 7) is 2.15. The summed E-state index contributed by atoms with van der Waals surface area (Å²) in [5.74, 6) is 4.25. The van der Waals surface area contributed by atoms with E-state index in [-0.39, 0.29) is 5.91 Å². The van der Waals surface area contributed by atoms with Gasteiger partial charge in [-0.2, -0.15) is 0 Å². The maximum absolute atomic E-state index is 11.0. The highest BCUT2D eigenvalue weighted by Gasteiger charge is 2.25. The summed E-state index contributed by atoms with van der Waals surface area (Å²) < 4.78 is 10.2. The van der Waals surface area contributed by atoms with Gasteiger partial charge in [0.2, 0.25) is 12.2 Å². The fourth-order valence-corrected chi connectivity index (χ4v) is 0.879. The van der Waals surface area contributed by atoms with Crippen LogP contribution in [0, 0.1) is 5.92 Å². The highest BCUT2D eigenvalue weighted by molar-refractivity contribution is 5.77. The fourth-order valence-electron chi connectivity index (χ4n) is 0.879. The Bertz CT molecular complexity index is 193. The highest BCUT2D eigenvalue weighted by atomic mass is 16.7. The number of amides is 1. The van der Waals surface area contributed by atoms with E-state index in [4.69, 9.17) is 15.3 Å². The van der Waals surface area contributed by atoms with Gasteiger partial charge in [0, 0.05) is 0 Å². The van der Waals surface area contributed by atoms with Crippen LogP contribution in [0.15, 0.2) is 12.3 Å². The van der Waals surface area contributed by atoms with Crippen LogP contribution in [0.1, 0.15) is 6.92 Å². The molecule has 0 saturated heterocycles. The SMILES string of the molecule is CC(C(=O)NN)C1OC=CCO1. The Kier molecular flexibility index (Phi) is 3.07. The Labute approximate surface area is 70.5 Å². The standard InChI is InChI=1S/C7H12N2O3/c1-5(6(10)9-8)7-11-3-2-4-12-7/h2-3,5,7H,4,8H2,1H3,(H,9,10). The molecule has 1 amide bonds. The maximum atomic E-state index is 11.0. The van der Waals surface area contributed by atoms with Crippen molar-refractivity contribution < 1.29 is 14.3 Å². The number of nitrogens with one attached hydrogen (secondary N) is 1. The van der Waals surface area contributed by atoms with Crippen molar-refractivity contribution in [3.05, 3.63) is 12.3 Å². The Morgan fingerprint density at radius 2 is 2.58 bits per heavy atom. The van der Waals surface area contributed by atoms with Crippen LogP contribution in [0.2, 0.25) is 0 Å². The van der Waals surface area contributed by atoms with Gasteiger partial charge in [-0.3, -0.25) is 10.2 Å². The van der Waals surface area contributed by atoms with Gasteiger partial charge < -0.3 is 9.47 Å². The number of hydrogen-bond acceptors (Lipinski definition) is 4. The average molecular weight is 172 g/mol. The second kappa shape index (κ2) is 4.08. The molecular formula is C7H12N2O3. The quantitative estimate of drug-likeness (QED) is 0.334. The molecule has 3 N–H and O–H groups in total. The molecule has 0 aromatic carbocycles. The topological polar surface area (TPSA) is 73.6 Å². The molecule has 12 heavy (non-hydrogen) atoms. The summed E-state index contributed by atoms with van der Waals surface area (Å²) in [7, 11) is 0. The zero-order chi connectivity index (χ0) is 8.97. The molecule has 2 unspecified atom stereocenters. The molecule has 5 heteroatoms. The van der Waals surface area contributed by atoms with Crippen molar-refractivity contribution >= 4 is 5.91 Å². The van der Waals surface area contributed by atoms with Gasteiger partial charge in [0.15, 0.2) is 0 Å². The van der Waals surface area contributed by atoms with Crippen LogP contribution in [-0.2, 0) is 14.3 Å². The zero-order valence-electron chi connectivity index (χ0n) is 6.82. The molecular weight excluding hydrogens is 160 g/mol. The lowest BCUT2D eigenvalue weighted by atomic mass is 10.1. The van der Waals surface area contributed by atoms with Crippen molar-refractivity contribution in [1.82, 2.24) is 5.43 Å². The van der Waals surface area contributed by atoms with Crippen LogP contribution in [0.25, 0.3) is 0 Å². The molecule has 1 aliphatic rings. The smallest absolute Gasteiger partial charge is 0.243 e. The second-order valence-electron chi connectivity index (χ2n) is 2.51. The first-order valence-corrected chi connectivity index (χ1v) is 3.68. The summed E-state index contributed by atoms with van der Waals surface area (Å²) in [4.78, 5) is 11.0. The lowest BCUT2D eigenvalue weighted by molar-refractivity contribution is -0.159. The van der Waals surface area contributed by atoms with E-state index in [2.05, 4.69) is 0 Å². The number of carbonyl (C=O) groups is 1. The monoisotopic (exact) mass is 172 g/mol. The summed E-state index contributed by atoms with van der Waals surface area (Å²) in [6.07, 6.45) is 2.72. The zero-order valence-corrected chi connectivity index (χ0v) is 6.82. The maximum Gasteiger partial charge on any atom is 0.243 e. The summed E-state index contributed by atoms with van der Waals surface area (Å²) in [5, 5.41) is 0. The molecule has 0 bridgehead atoms. The third-order valence-corrected chi connectivity index (χ3v) is 1.63. The second-order valence-corrected chi connectivity index (χ2v) is 2.51. The molecule has 1 rings (SSSR count). The Morgan fingerprint density at radius 1 is 1.83 bits per heavy atom. The first-order chi connectivity index (χ1) is 5.75. The Hall–Kier alpha value is -1.07. The van der Waals surface area contributed by atoms with E-state index >= 15 is 0 Å². The number of hydrazine groups is 1. The molecule has 1 heterocycles. The molecule has 0 radical (unpaired) electrons. The third kappa shape index (κ3) is 1.96. The lowest BCUT2D eigenvalue weighted by Crippen LogP contribution is -2.41. The summed E-state index contributed by atoms with van der Waals surface area (Å²) in [6, 6.07) is 0. The van der Waals surface area contributed by atoms with Crippen molar-refractivity contribution in [2.24, 2.45) is 11.8 Å². The molecule has 0 spiro atoms. The van der Waals surface area contributed by atoms with Crippen molar-refractivity contribution in [2.45, 2.75) is 13.2 Å². The number of nitrogens with two attached hydrogens (primary N) is 1. The largest absolute Gasteiger partial charge is 0.472 e. The van der Waals surface area contributed by atoms with Gasteiger partial charge in [-0.25, -0.2) is 5.84 Å². The molecule has 68 valence electrons. The van der Waals surface area contributed by atoms with E-state index in [0.29, 0.717) is 6.61 Å². The van der Waals surface area contributed by atoms with E-state index in [9.17, 15) is 4.79 Å². The van der Waals surface area contributed by atoms with Crippen LogP contribution in [-0.4, -0.2) is 18.8 Å². The first-order valence-electron chi connectivity index (χ1n) is 3.68. The van der Waals surface area contributed by atoms with Crippen LogP contribution < -0.4 is 11.3 Å². The highest BCUT2D eigenvalue weighted by Crippen LogP contribution is 2.12. The molecule has 0 aromatic rings. The minimum Gasteiger partial charge on any atom is -0.472 e. The number of hydrogen-bond donors (Lipinski definition) is 2. The molecule has 1 aliphatic heterocycles. The summed E-state index contributed by atoms with van der Waals surface area (Å²) >= 11 is 0. The molecule has 2 atom stereocenters. The van der Waals surface area contributed by atoms with Crippen LogP contribution in [0.4, 0.5) is 0 Å². The van der Waals surface area contributed by atoms with Gasteiger partial charge in [-0.15, -0.1) is 0 Å². The van der Waals surface area contributed by atoms with Crippen molar-refractivity contribution in [3.63, 3.8) is 0 Å². The van der Waals surface area contributed by atoms with Gasteiger partial charge in [0.25, 0.3) is 0 Å². The van der Waals surface area contributed by atoms with Crippen LogP contribution in [0.3, 0.4) is 0 Å². The van der Waals surface area contributed by atoms with Crippen molar-refractivity contribution in [3.8, 4) is 0 Å². The van der Waals surface area contributed by atoms with E-state index < -0.39 is 12.2 Å². The van der Waals surface area contributed by atoms with Crippen LogP contribution in [0.5, 0.6) is 0 Å². The Morgan fingerprint density at radius 3 is 3.08 bits per heavy atom. The van der Waals surface area contributed by atoms with Gasteiger partial charge >= 0.3 is 0 Å². The average Bonchev–Trinajstić information content (AvgIpc) is 2.17. The van der Waals surface area contributed by atoms with E-state index in [1.807, 2.05) is 5.43 Å². The Balaban J connectivity index is 2.46. The van der Waals surface area contributed by atoms with Gasteiger partial charge in [0.05, 0.1) is 18.8 Å². The predicted octanol–water partition coefficient (Wildman–Crippen LogP) is -0.501. The molecule has 0 aliphatic carbocycles. The van der Waals surface area contributed by atoms with Crippen molar-refractivity contribution in [1.29, 1.82) is 0 Å². The molecule has 0 saturated carbocycles. The van der Waals surface area contributed by atoms with Gasteiger partial charge in [0.1, 0.15) is 0 Å². The fraction of sp³-hybridized carbons (Fsp3) is 0.571. The van der Waals surface area contributed by atoms with Crippen LogP contribution >= 0.6 is 0 Å². The number of ether oxygens (including phenoxy) is 2. The molecule has 0 aromatic heterocycles. The third-order valence-electron chi connectivity index (χ3n) is 1.63. The van der Waals surface area contributed by atoms with Gasteiger partial charge in [-0.05, 0) is 13.0 Å². The molecule has 5 nitrogen and oxygen atoms in total. The van der Waals surface area contributed by atoms with Gasteiger partial charge in [-0.1, -0.05) is 0 Å². The minimum atomic E-state index is -0.529. The van der Waals surface area contributed by atoms with E-state index in [1.165, 1.54) is 6.26 Å². The molecule has 0 fully saturated rings. The number of carbonyl (C=O) groups excluding carboxylic acids is 1. The normalized spacial score (nSPS) is 24.3. The first kappa shape index (κ1) is 9.02. The predicted molar refractivity (Wildman–Crippen MR) is 41.5 cm³/mol. The van der Waals surface area contributed by atoms with E-state index in [1.54, 1.807) is 13.0 Å².